The Balaban J connectivity index is 0. The van der Waals surface area contributed by atoms with Crippen molar-refractivity contribution in [1.29, 1.82) is 0 Å². The van der Waals surface area contributed by atoms with E-state index in [1.807, 2.05) is 0 Å². The first-order valence-corrected chi connectivity index (χ1v) is 16.1. The molecular weight excluding hydrogens is 439 g/mol. The molecule has 0 aliphatic heterocycles. The Hall–Kier alpha value is 0.910. The van der Waals surface area contributed by atoms with Gasteiger partial charge in [-0.25, -0.2) is 8.42 Å². The second-order valence-corrected chi connectivity index (χ2v) is 11.6. The summed E-state index contributed by atoms with van der Waals surface area (Å²) in [4.78, 5) is 0. The molecule has 194 valence electrons. The van der Waals surface area contributed by atoms with Crippen molar-refractivity contribution in [3.63, 3.8) is 0 Å². The van der Waals surface area contributed by atoms with Crippen LogP contribution in [-0.2, 0) is 10.1 Å². The Morgan fingerprint density at radius 1 is 0.394 bits per heavy atom. The molecule has 0 fully saturated rings. The minimum Gasteiger partial charge on any atom is -0.748 e. The van der Waals surface area contributed by atoms with E-state index < -0.39 is 10.1 Å². The molecule has 5 heteroatoms. The van der Waals surface area contributed by atoms with Gasteiger partial charge < -0.3 is 4.55 Å². The zero-order chi connectivity index (χ0) is 23.6. The zero-order valence-electron chi connectivity index (χ0n) is 22.7. The van der Waals surface area contributed by atoms with Gasteiger partial charge in [-0.3, -0.25) is 0 Å². The van der Waals surface area contributed by atoms with Crippen LogP contribution < -0.4 is 29.6 Å². The molecular formula is C28H57NaO3S. The van der Waals surface area contributed by atoms with E-state index in [1.165, 1.54) is 148 Å². The summed E-state index contributed by atoms with van der Waals surface area (Å²) in [6, 6.07) is 0. The summed E-state index contributed by atoms with van der Waals surface area (Å²) in [6.45, 7) is 2.29. The van der Waals surface area contributed by atoms with Crippen molar-refractivity contribution in [2.75, 3.05) is 5.75 Å². The van der Waals surface area contributed by atoms with E-state index in [-0.39, 0.29) is 35.3 Å². The maximum atomic E-state index is 10.5. The van der Waals surface area contributed by atoms with Crippen LogP contribution in [0.3, 0.4) is 0 Å². The minimum atomic E-state index is -4.00. The van der Waals surface area contributed by atoms with Crippen LogP contribution in [-0.4, -0.2) is 18.7 Å². The topological polar surface area (TPSA) is 57.2 Å². The number of hydrogen-bond donors (Lipinski definition) is 0. The molecule has 0 rings (SSSR count). The number of hydrogen-bond acceptors (Lipinski definition) is 3. The Morgan fingerprint density at radius 2 is 0.576 bits per heavy atom. The Labute approximate surface area is 231 Å². The first-order chi connectivity index (χ1) is 15.6. The molecule has 3 nitrogen and oxygen atoms in total. The van der Waals surface area contributed by atoms with Crippen molar-refractivity contribution in [3.8, 4) is 0 Å². The van der Waals surface area contributed by atoms with E-state index in [1.54, 1.807) is 0 Å². The van der Waals surface area contributed by atoms with Crippen molar-refractivity contribution in [2.45, 2.75) is 174 Å². The SMILES string of the molecule is CCCCCCCCCCCCCCCCCCCCCCCCCCCCS(=O)(=O)[O-].[Na+]. The fourth-order valence-corrected chi connectivity index (χ4v) is 5.15. The molecule has 0 aromatic rings. The van der Waals surface area contributed by atoms with Crippen LogP contribution in [0, 0.1) is 0 Å². The van der Waals surface area contributed by atoms with Gasteiger partial charge in [-0.05, 0) is 6.42 Å². The zero-order valence-corrected chi connectivity index (χ0v) is 25.5. The van der Waals surface area contributed by atoms with Gasteiger partial charge in [-0.2, -0.15) is 0 Å². The van der Waals surface area contributed by atoms with Crippen LogP contribution in [0.15, 0.2) is 0 Å². The van der Waals surface area contributed by atoms with Crippen molar-refractivity contribution < 1.29 is 42.5 Å². The van der Waals surface area contributed by atoms with Crippen LogP contribution in [0.25, 0.3) is 0 Å². The summed E-state index contributed by atoms with van der Waals surface area (Å²) in [6.07, 6.45) is 34.8. The van der Waals surface area contributed by atoms with Gasteiger partial charge in [0.05, 0.1) is 10.1 Å². The molecule has 0 amide bonds. The van der Waals surface area contributed by atoms with E-state index >= 15 is 0 Å². The molecule has 0 heterocycles. The summed E-state index contributed by atoms with van der Waals surface area (Å²) in [5.74, 6) is -0.188. The van der Waals surface area contributed by atoms with Crippen molar-refractivity contribution >= 4 is 10.1 Å². The number of rotatable bonds is 27. The first kappa shape index (κ1) is 36.1. The molecule has 0 aliphatic carbocycles. The van der Waals surface area contributed by atoms with Crippen LogP contribution in [0.2, 0.25) is 0 Å². The quantitative estimate of drug-likeness (QED) is 0.0722. The van der Waals surface area contributed by atoms with Crippen LogP contribution in [0.1, 0.15) is 174 Å². The minimum absolute atomic E-state index is 0. The molecule has 0 saturated heterocycles. The van der Waals surface area contributed by atoms with Gasteiger partial charge in [0, 0.05) is 5.75 Å². The normalized spacial score (nSPS) is 11.6. The third-order valence-corrected chi connectivity index (χ3v) is 7.54. The summed E-state index contributed by atoms with van der Waals surface area (Å²) in [5, 5.41) is 0. The van der Waals surface area contributed by atoms with Gasteiger partial charge in [0.25, 0.3) is 0 Å². The van der Waals surface area contributed by atoms with Gasteiger partial charge in [-0.1, -0.05) is 167 Å². The van der Waals surface area contributed by atoms with E-state index in [9.17, 15) is 13.0 Å². The summed E-state index contributed by atoms with van der Waals surface area (Å²) in [5.41, 5.74) is 0. The molecule has 33 heavy (non-hydrogen) atoms. The monoisotopic (exact) mass is 496 g/mol. The van der Waals surface area contributed by atoms with Crippen LogP contribution >= 0.6 is 0 Å². The van der Waals surface area contributed by atoms with Crippen LogP contribution in [0.5, 0.6) is 0 Å². The van der Waals surface area contributed by atoms with Gasteiger partial charge in [0.1, 0.15) is 0 Å². The van der Waals surface area contributed by atoms with Gasteiger partial charge >= 0.3 is 29.6 Å². The van der Waals surface area contributed by atoms with Gasteiger partial charge in [-0.15, -0.1) is 0 Å². The maximum absolute atomic E-state index is 10.5. The molecule has 0 atom stereocenters. The molecule has 0 saturated carbocycles. The fraction of sp³-hybridized carbons (Fsp3) is 1.00. The molecule has 0 aromatic carbocycles. The predicted octanol–water partition coefficient (Wildman–Crippen LogP) is 6.70. The summed E-state index contributed by atoms with van der Waals surface area (Å²) < 4.78 is 31.5. The average molecular weight is 497 g/mol. The van der Waals surface area contributed by atoms with Gasteiger partial charge in [0.15, 0.2) is 0 Å². The van der Waals surface area contributed by atoms with E-state index in [0.717, 1.165) is 12.8 Å². The smallest absolute Gasteiger partial charge is 0.748 e. The molecule has 0 aromatic heterocycles. The Bertz CT molecular complexity index is 454. The predicted molar refractivity (Wildman–Crippen MR) is 140 cm³/mol. The molecule has 0 spiro atoms. The van der Waals surface area contributed by atoms with Crippen LogP contribution in [0.4, 0.5) is 0 Å². The van der Waals surface area contributed by atoms with E-state index in [4.69, 9.17) is 0 Å². The molecule has 0 bridgehead atoms. The van der Waals surface area contributed by atoms with E-state index in [0.29, 0.717) is 6.42 Å². The average Bonchev–Trinajstić information content (AvgIpc) is 2.75. The molecule has 0 unspecified atom stereocenters. The third-order valence-electron chi connectivity index (χ3n) is 6.75. The fourth-order valence-electron chi connectivity index (χ4n) is 4.59. The Morgan fingerprint density at radius 3 is 0.758 bits per heavy atom. The number of unbranched alkanes of at least 4 members (excludes halogenated alkanes) is 25. The summed E-state index contributed by atoms with van der Waals surface area (Å²) in [7, 11) is -4.00. The second-order valence-electron chi connectivity index (χ2n) is 10.1. The standard InChI is InChI=1S/C28H58O3S.Na/c1-2-3-4-5-6-7-8-9-10-11-12-13-14-15-16-17-18-19-20-21-22-23-24-25-26-27-28-32(29,30)31;/h2-28H2,1H3,(H,29,30,31);/q;+1/p-1. The third kappa shape index (κ3) is 35.1. The maximum Gasteiger partial charge on any atom is 1.00 e. The molecule has 0 N–H and O–H groups in total. The van der Waals surface area contributed by atoms with Crippen molar-refractivity contribution in [3.05, 3.63) is 0 Å². The van der Waals surface area contributed by atoms with Crippen molar-refractivity contribution in [1.82, 2.24) is 0 Å². The largest absolute Gasteiger partial charge is 1.00 e. The first-order valence-electron chi connectivity index (χ1n) is 14.5. The molecule has 0 aliphatic rings. The Kier molecular flexibility index (Phi) is 31.9. The summed E-state index contributed by atoms with van der Waals surface area (Å²) >= 11 is 0. The van der Waals surface area contributed by atoms with Crippen molar-refractivity contribution in [2.24, 2.45) is 0 Å². The van der Waals surface area contributed by atoms with Gasteiger partial charge in [0.2, 0.25) is 0 Å². The molecule has 0 radical (unpaired) electrons. The van der Waals surface area contributed by atoms with E-state index in [2.05, 4.69) is 6.92 Å². The second kappa shape index (κ2) is 29.1.